The fraction of sp³-hybridized carbons (Fsp3) is 0.487. The molecule has 2 fully saturated rings. The summed E-state index contributed by atoms with van der Waals surface area (Å²) in [6.45, 7) is 3.22. The van der Waals surface area contributed by atoms with Gasteiger partial charge in [0.2, 0.25) is 0 Å². The highest BCUT2D eigenvalue weighted by Crippen LogP contribution is 2.48. The third-order valence-corrected chi connectivity index (χ3v) is 12.3. The number of hydrogen-bond donors (Lipinski definition) is 1. The van der Waals surface area contributed by atoms with E-state index in [1.807, 2.05) is 44.2 Å². The molecule has 2 aromatic carbocycles. The standard InChI is InChI=1S/C39H48F2N8O5S/c1-24(2)49-35(34(42-44-49)38(51)47-17-16-46(5)22-39(40,41)23-47)28-18-27-19-29(54-6)13-15-30(27)36-33(25-10-8-7-9-11-25)31-14-12-26(20-32(31)48(36)21-28)37(50)43-55(52,53)45(3)4/h12-15,18-20,24-25H,7-11,16-17,21-23H2,1-6H3,(H,43,50). The average molecular weight is 779 g/mol. The van der Waals surface area contributed by atoms with Crippen LogP contribution in [0.15, 0.2) is 36.4 Å². The molecule has 294 valence electrons. The van der Waals surface area contributed by atoms with Crippen molar-refractivity contribution >= 4 is 44.6 Å². The number of alkyl halides is 2. The Balaban J connectivity index is 1.46. The Labute approximate surface area is 320 Å². The first kappa shape index (κ1) is 38.6. The molecule has 13 nitrogen and oxygen atoms in total. The number of likely N-dealkylation sites (N-methyl/N-ethyl adjacent to an activating group) is 1. The van der Waals surface area contributed by atoms with Crippen molar-refractivity contribution in [1.29, 1.82) is 0 Å². The number of carbonyl (C=O) groups excluding carboxylic acids is 2. The van der Waals surface area contributed by atoms with Gasteiger partial charge in [-0.3, -0.25) is 14.5 Å². The van der Waals surface area contributed by atoms with Crippen molar-refractivity contribution in [3.8, 4) is 17.0 Å². The van der Waals surface area contributed by atoms with Gasteiger partial charge >= 0.3 is 10.2 Å². The highest BCUT2D eigenvalue weighted by Gasteiger charge is 2.40. The largest absolute Gasteiger partial charge is 0.497 e. The summed E-state index contributed by atoms with van der Waals surface area (Å²) in [7, 11) is 1.83. The lowest BCUT2D eigenvalue weighted by Crippen LogP contribution is -2.42. The molecule has 0 radical (unpaired) electrons. The Hall–Kier alpha value is -4.67. The van der Waals surface area contributed by atoms with Crippen molar-refractivity contribution in [3.63, 3.8) is 0 Å². The number of nitrogens with one attached hydrogen (secondary N) is 1. The van der Waals surface area contributed by atoms with E-state index in [1.54, 1.807) is 31.0 Å². The lowest BCUT2D eigenvalue weighted by Gasteiger charge is -2.24. The number of carbonyl (C=O) groups is 2. The van der Waals surface area contributed by atoms with Gasteiger partial charge in [-0.25, -0.2) is 18.2 Å². The van der Waals surface area contributed by atoms with E-state index in [0.717, 1.165) is 64.2 Å². The van der Waals surface area contributed by atoms with E-state index < -0.39 is 41.0 Å². The second kappa shape index (κ2) is 14.8. The molecule has 3 aliphatic rings. The number of methoxy groups -OCH3 is 1. The zero-order valence-electron chi connectivity index (χ0n) is 32.1. The molecule has 55 heavy (non-hydrogen) atoms. The number of aromatic nitrogens is 4. The van der Waals surface area contributed by atoms with E-state index in [2.05, 4.69) is 19.6 Å². The smallest absolute Gasteiger partial charge is 0.303 e. The maximum absolute atomic E-state index is 15.0. The molecule has 16 heteroatoms. The van der Waals surface area contributed by atoms with Crippen molar-refractivity contribution < 1.29 is 31.5 Å². The molecule has 7 rings (SSSR count). The average Bonchev–Trinajstić information content (AvgIpc) is 3.62. The quantitative estimate of drug-likeness (QED) is 0.243. The van der Waals surface area contributed by atoms with E-state index >= 15 is 8.78 Å². The maximum Gasteiger partial charge on any atom is 0.303 e. The summed E-state index contributed by atoms with van der Waals surface area (Å²) in [4.78, 5) is 30.5. The second-order valence-electron chi connectivity index (χ2n) is 15.4. The number of nitrogens with zero attached hydrogens (tertiary/aromatic N) is 7. The van der Waals surface area contributed by atoms with E-state index in [4.69, 9.17) is 4.74 Å². The molecule has 0 bridgehead atoms. The van der Waals surface area contributed by atoms with Gasteiger partial charge in [-0.2, -0.15) is 12.7 Å². The molecule has 4 heterocycles. The van der Waals surface area contributed by atoms with Crippen LogP contribution in [0.4, 0.5) is 8.78 Å². The number of halogens is 2. The Bertz CT molecular complexity index is 2290. The summed E-state index contributed by atoms with van der Waals surface area (Å²) < 4.78 is 68.0. The summed E-state index contributed by atoms with van der Waals surface area (Å²) in [5, 5.41) is 9.72. The fourth-order valence-electron chi connectivity index (χ4n) is 8.19. The monoisotopic (exact) mass is 778 g/mol. The highest BCUT2D eigenvalue weighted by molar-refractivity contribution is 7.87. The molecule has 2 amide bonds. The molecule has 4 aromatic rings. The Morgan fingerprint density at radius 3 is 2.45 bits per heavy atom. The zero-order valence-corrected chi connectivity index (χ0v) is 32.9. The lowest BCUT2D eigenvalue weighted by atomic mass is 9.81. The van der Waals surface area contributed by atoms with Crippen LogP contribution in [0.5, 0.6) is 5.75 Å². The van der Waals surface area contributed by atoms with Crippen LogP contribution in [0, 0.1) is 0 Å². The minimum atomic E-state index is -4.06. The predicted molar refractivity (Wildman–Crippen MR) is 206 cm³/mol. The normalized spacial score (nSPS) is 18.1. The molecular weight excluding hydrogens is 731 g/mol. The van der Waals surface area contributed by atoms with Gasteiger partial charge in [0.25, 0.3) is 17.7 Å². The van der Waals surface area contributed by atoms with E-state index in [-0.39, 0.29) is 42.9 Å². The number of ether oxygens (including phenoxy) is 1. The van der Waals surface area contributed by atoms with Gasteiger partial charge in [0, 0.05) is 60.8 Å². The molecule has 1 aliphatic carbocycles. The van der Waals surface area contributed by atoms with Crippen molar-refractivity contribution in [2.75, 3.05) is 54.4 Å². The van der Waals surface area contributed by atoms with Crippen LogP contribution in [0.1, 0.15) is 95.6 Å². The number of rotatable bonds is 8. The van der Waals surface area contributed by atoms with Crippen LogP contribution in [-0.2, 0) is 16.8 Å². The van der Waals surface area contributed by atoms with Crippen LogP contribution < -0.4 is 9.46 Å². The summed E-state index contributed by atoms with van der Waals surface area (Å²) >= 11 is 0. The summed E-state index contributed by atoms with van der Waals surface area (Å²) in [6.07, 6.45) is 7.26. The first-order valence-corrected chi connectivity index (χ1v) is 20.1. The third kappa shape index (κ3) is 7.38. The Morgan fingerprint density at radius 1 is 1.02 bits per heavy atom. The Kier molecular flexibility index (Phi) is 10.4. The second-order valence-corrected chi connectivity index (χ2v) is 17.3. The molecule has 0 spiro atoms. The van der Waals surface area contributed by atoms with Gasteiger partial charge in [0.05, 0.1) is 38.1 Å². The van der Waals surface area contributed by atoms with E-state index in [0.29, 0.717) is 22.5 Å². The molecule has 2 aliphatic heterocycles. The SMILES string of the molecule is COc1ccc2c(c1)C=C(c1c(C(=O)N3CCN(C)CC(F)(F)C3)nnn1C(C)C)Cn1c-2c(C2CCCCC2)c2ccc(C(=O)NS(=O)(=O)N(C)C)cc21. The molecule has 1 saturated heterocycles. The van der Waals surface area contributed by atoms with Crippen LogP contribution in [0.3, 0.4) is 0 Å². The minimum Gasteiger partial charge on any atom is -0.497 e. The first-order valence-electron chi connectivity index (χ1n) is 18.7. The highest BCUT2D eigenvalue weighted by atomic mass is 32.2. The topological polar surface area (TPSA) is 135 Å². The number of benzene rings is 2. The van der Waals surface area contributed by atoms with Crippen molar-refractivity contribution in [3.05, 3.63) is 64.5 Å². The molecular formula is C39H48F2N8O5S. The minimum absolute atomic E-state index is 0.0221. The van der Waals surface area contributed by atoms with E-state index in [9.17, 15) is 18.0 Å². The van der Waals surface area contributed by atoms with Gasteiger partial charge in [-0.1, -0.05) is 30.5 Å². The van der Waals surface area contributed by atoms with Crippen LogP contribution >= 0.6 is 0 Å². The molecule has 0 atom stereocenters. The van der Waals surface area contributed by atoms with Gasteiger partial charge < -0.3 is 14.2 Å². The summed E-state index contributed by atoms with van der Waals surface area (Å²) in [5.74, 6) is -3.66. The third-order valence-electron chi connectivity index (χ3n) is 10.9. The maximum atomic E-state index is 15.0. The zero-order chi connectivity index (χ0) is 39.4. The van der Waals surface area contributed by atoms with Crippen LogP contribution in [-0.4, -0.2) is 114 Å². The van der Waals surface area contributed by atoms with E-state index in [1.165, 1.54) is 23.9 Å². The van der Waals surface area contributed by atoms with Crippen molar-refractivity contribution in [2.45, 2.75) is 70.4 Å². The molecule has 1 saturated carbocycles. The van der Waals surface area contributed by atoms with Crippen molar-refractivity contribution in [2.24, 2.45) is 0 Å². The van der Waals surface area contributed by atoms with Gasteiger partial charge in [-0.05, 0) is 87.2 Å². The number of fused-ring (bicyclic) bond motifs is 5. The van der Waals surface area contributed by atoms with Gasteiger partial charge in [-0.15, -0.1) is 5.10 Å². The molecule has 2 aromatic heterocycles. The van der Waals surface area contributed by atoms with Crippen LogP contribution in [0.2, 0.25) is 0 Å². The molecule has 0 unspecified atom stereocenters. The number of allylic oxidation sites excluding steroid dienone is 1. The molecule has 1 N–H and O–H groups in total. The first-order chi connectivity index (χ1) is 26.1. The van der Waals surface area contributed by atoms with Crippen LogP contribution in [0.25, 0.3) is 33.8 Å². The number of amides is 2. The Morgan fingerprint density at radius 2 is 1.76 bits per heavy atom. The lowest BCUT2D eigenvalue weighted by molar-refractivity contribution is -0.0311. The van der Waals surface area contributed by atoms with Crippen molar-refractivity contribution in [1.82, 2.24) is 38.4 Å². The summed E-state index contributed by atoms with van der Waals surface area (Å²) in [5.41, 5.74) is 5.76. The fourth-order valence-corrected chi connectivity index (χ4v) is 8.72. The summed E-state index contributed by atoms with van der Waals surface area (Å²) in [6, 6.07) is 10.9. The number of hydrogen-bond acceptors (Lipinski definition) is 8. The van der Waals surface area contributed by atoms with Gasteiger partial charge in [0.1, 0.15) is 5.75 Å². The van der Waals surface area contributed by atoms with Gasteiger partial charge in [0.15, 0.2) is 5.69 Å². The predicted octanol–water partition coefficient (Wildman–Crippen LogP) is 5.65.